The van der Waals surface area contributed by atoms with Gasteiger partial charge in [-0.3, -0.25) is 14.4 Å². The molecule has 2 amide bonds. The first-order chi connectivity index (χ1) is 9.99. The number of anilines is 2. The van der Waals surface area contributed by atoms with Crippen LogP contribution in [0.1, 0.15) is 26.7 Å². The second-order valence-corrected chi connectivity index (χ2v) is 6.37. The minimum Gasteiger partial charge on any atom is -0.326 e. The molecule has 0 aliphatic carbocycles. The van der Waals surface area contributed by atoms with Gasteiger partial charge in [0, 0.05) is 42.9 Å². The second kappa shape index (κ2) is 6.76. The zero-order chi connectivity index (χ0) is 15.4. The smallest absolute Gasteiger partial charge is 0.228 e. The third-order valence-corrected chi connectivity index (χ3v) is 4.19. The van der Waals surface area contributed by atoms with Crippen LogP contribution in [0.4, 0.5) is 11.4 Å². The normalized spacial score (nSPS) is 17.9. The molecule has 5 nitrogen and oxygen atoms in total. The number of benzene rings is 1. The Labute approximate surface area is 128 Å². The van der Waals surface area contributed by atoms with Gasteiger partial charge >= 0.3 is 0 Å². The maximum atomic E-state index is 12.0. The Morgan fingerprint density at radius 2 is 2.00 bits per heavy atom. The van der Waals surface area contributed by atoms with Crippen LogP contribution in [0.15, 0.2) is 24.3 Å². The van der Waals surface area contributed by atoms with E-state index in [2.05, 4.69) is 5.32 Å². The van der Waals surface area contributed by atoms with Crippen LogP contribution in [0.2, 0.25) is 0 Å². The van der Waals surface area contributed by atoms with Crippen LogP contribution in [0.25, 0.3) is 0 Å². The van der Waals surface area contributed by atoms with Gasteiger partial charge in [0.25, 0.3) is 0 Å². The summed E-state index contributed by atoms with van der Waals surface area (Å²) in [4.78, 5) is 36.1. The predicted molar refractivity (Wildman–Crippen MR) is 84.4 cm³/mol. The third kappa shape index (κ3) is 4.07. The van der Waals surface area contributed by atoms with Crippen LogP contribution in [0.3, 0.4) is 0 Å². The van der Waals surface area contributed by atoms with Gasteiger partial charge in [0.2, 0.25) is 11.8 Å². The lowest BCUT2D eigenvalue weighted by molar-refractivity contribution is -0.117. The van der Waals surface area contributed by atoms with E-state index in [0.29, 0.717) is 25.1 Å². The molecule has 112 valence electrons. The van der Waals surface area contributed by atoms with E-state index in [9.17, 15) is 14.4 Å². The fourth-order valence-corrected chi connectivity index (χ4v) is 3.13. The molecule has 0 bridgehead atoms. The first kappa shape index (κ1) is 15.6. The number of rotatable bonds is 4. The lowest BCUT2D eigenvalue weighted by atomic mass is 10.2. The molecule has 2 rings (SSSR count). The molecule has 1 N–H and O–H groups in total. The molecular formula is C15H18N2O3S. The average Bonchev–Trinajstić information content (AvgIpc) is 2.79. The maximum Gasteiger partial charge on any atom is 0.228 e. The number of nitrogens with one attached hydrogen (secondary N) is 1. The Balaban J connectivity index is 2.03. The summed E-state index contributed by atoms with van der Waals surface area (Å²) in [5.74, 6) is -0.0167. The Morgan fingerprint density at radius 1 is 1.33 bits per heavy atom. The molecular weight excluding hydrogens is 288 g/mol. The molecule has 0 saturated carbocycles. The van der Waals surface area contributed by atoms with Crippen molar-refractivity contribution in [2.45, 2.75) is 31.9 Å². The maximum absolute atomic E-state index is 12.0. The molecule has 1 saturated heterocycles. The monoisotopic (exact) mass is 306 g/mol. The van der Waals surface area contributed by atoms with Crippen molar-refractivity contribution < 1.29 is 14.4 Å². The van der Waals surface area contributed by atoms with E-state index in [1.165, 1.54) is 18.7 Å². The van der Waals surface area contributed by atoms with Gasteiger partial charge in [0.05, 0.1) is 0 Å². The quantitative estimate of drug-likeness (QED) is 0.927. The van der Waals surface area contributed by atoms with Crippen molar-refractivity contribution in [3.8, 4) is 0 Å². The molecule has 1 unspecified atom stereocenters. The van der Waals surface area contributed by atoms with Gasteiger partial charge in [-0.1, -0.05) is 18.7 Å². The van der Waals surface area contributed by atoms with Crippen molar-refractivity contribution in [2.24, 2.45) is 0 Å². The largest absolute Gasteiger partial charge is 0.326 e. The Morgan fingerprint density at radius 3 is 2.57 bits per heavy atom. The highest BCUT2D eigenvalue weighted by molar-refractivity contribution is 8.14. The molecule has 1 aromatic rings. The standard InChI is InChI=1S/C15H18N2O3S/c1-3-14(19)16-11-4-6-12(7-5-11)17-9-13(8-15(17)20)21-10(2)18/h4-7,13H,3,8-9H2,1-2H3,(H,16,19). The summed E-state index contributed by atoms with van der Waals surface area (Å²) in [5, 5.41) is 2.82. The zero-order valence-corrected chi connectivity index (χ0v) is 12.9. The highest BCUT2D eigenvalue weighted by Crippen LogP contribution is 2.29. The molecule has 1 heterocycles. The van der Waals surface area contributed by atoms with Crippen LogP contribution in [0, 0.1) is 0 Å². The molecule has 6 heteroatoms. The van der Waals surface area contributed by atoms with Gasteiger partial charge in [-0.25, -0.2) is 0 Å². The Bertz CT molecular complexity index is 557. The fraction of sp³-hybridized carbons (Fsp3) is 0.400. The van der Waals surface area contributed by atoms with Crippen molar-refractivity contribution in [1.29, 1.82) is 0 Å². The van der Waals surface area contributed by atoms with Crippen LogP contribution in [-0.4, -0.2) is 28.7 Å². The highest BCUT2D eigenvalue weighted by Gasteiger charge is 2.31. The van der Waals surface area contributed by atoms with Gasteiger partial charge in [-0.05, 0) is 24.3 Å². The van der Waals surface area contributed by atoms with Gasteiger partial charge in [-0.2, -0.15) is 0 Å². The van der Waals surface area contributed by atoms with E-state index in [1.807, 2.05) is 12.1 Å². The van der Waals surface area contributed by atoms with Crippen LogP contribution < -0.4 is 10.2 Å². The summed E-state index contributed by atoms with van der Waals surface area (Å²) in [5.41, 5.74) is 1.51. The van der Waals surface area contributed by atoms with Crippen molar-refractivity contribution in [2.75, 3.05) is 16.8 Å². The van der Waals surface area contributed by atoms with Crippen LogP contribution in [-0.2, 0) is 14.4 Å². The third-order valence-electron chi connectivity index (χ3n) is 3.21. The SMILES string of the molecule is CCC(=O)Nc1ccc(N2CC(SC(C)=O)CC2=O)cc1. The molecule has 1 fully saturated rings. The Hall–Kier alpha value is -1.82. The molecule has 1 aliphatic heterocycles. The predicted octanol–water partition coefficient (Wildman–Crippen LogP) is 2.42. The summed E-state index contributed by atoms with van der Waals surface area (Å²) in [6, 6.07) is 7.18. The fourth-order valence-electron chi connectivity index (χ4n) is 2.21. The van der Waals surface area contributed by atoms with E-state index in [4.69, 9.17) is 0 Å². The minimum absolute atomic E-state index is 0.0227. The second-order valence-electron chi connectivity index (χ2n) is 4.89. The number of carbonyl (C=O) groups excluding carboxylic acids is 3. The van der Waals surface area contributed by atoms with Gasteiger partial charge < -0.3 is 10.2 Å². The molecule has 0 radical (unpaired) electrons. The van der Waals surface area contributed by atoms with Gasteiger partial charge in [-0.15, -0.1) is 0 Å². The van der Waals surface area contributed by atoms with Gasteiger partial charge in [0.1, 0.15) is 0 Å². The molecule has 1 atom stereocenters. The van der Waals surface area contributed by atoms with Crippen molar-refractivity contribution in [3.63, 3.8) is 0 Å². The van der Waals surface area contributed by atoms with E-state index < -0.39 is 0 Å². The lowest BCUT2D eigenvalue weighted by Crippen LogP contribution is -2.24. The van der Waals surface area contributed by atoms with Crippen molar-refractivity contribution >= 4 is 40.1 Å². The number of nitrogens with zero attached hydrogens (tertiary/aromatic N) is 1. The van der Waals surface area contributed by atoms with E-state index in [0.717, 1.165) is 5.69 Å². The molecule has 0 aromatic heterocycles. The summed E-state index contributed by atoms with van der Waals surface area (Å²) >= 11 is 1.22. The lowest BCUT2D eigenvalue weighted by Gasteiger charge is -2.17. The number of amides is 2. The number of hydrogen-bond donors (Lipinski definition) is 1. The average molecular weight is 306 g/mol. The van der Waals surface area contributed by atoms with E-state index in [1.54, 1.807) is 24.0 Å². The first-order valence-electron chi connectivity index (χ1n) is 6.87. The molecule has 21 heavy (non-hydrogen) atoms. The van der Waals surface area contributed by atoms with Crippen molar-refractivity contribution in [1.82, 2.24) is 0 Å². The first-order valence-corrected chi connectivity index (χ1v) is 7.75. The number of hydrogen-bond acceptors (Lipinski definition) is 4. The molecule has 1 aromatic carbocycles. The topological polar surface area (TPSA) is 66.5 Å². The minimum atomic E-state index is -0.0436. The summed E-state index contributed by atoms with van der Waals surface area (Å²) in [6.07, 6.45) is 0.814. The number of thioether (sulfide) groups is 1. The van der Waals surface area contributed by atoms with Crippen LogP contribution >= 0.6 is 11.8 Å². The van der Waals surface area contributed by atoms with E-state index in [-0.39, 0.29) is 22.2 Å². The van der Waals surface area contributed by atoms with Gasteiger partial charge in [0.15, 0.2) is 5.12 Å². The molecule has 1 aliphatic rings. The summed E-state index contributed by atoms with van der Waals surface area (Å²) < 4.78 is 0. The van der Waals surface area contributed by atoms with E-state index >= 15 is 0 Å². The zero-order valence-electron chi connectivity index (χ0n) is 12.1. The van der Waals surface area contributed by atoms with Crippen LogP contribution in [0.5, 0.6) is 0 Å². The Kier molecular flexibility index (Phi) is 5.01. The number of carbonyl (C=O) groups is 3. The highest BCUT2D eigenvalue weighted by atomic mass is 32.2. The van der Waals surface area contributed by atoms with Crippen molar-refractivity contribution in [3.05, 3.63) is 24.3 Å². The summed E-state index contributed by atoms with van der Waals surface area (Å²) in [7, 11) is 0. The molecule has 0 spiro atoms. The summed E-state index contributed by atoms with van der Waals surface area (Å²) in [6.45, 7) is 3.85.